The number of carbonyl (C=O) groups is 1. The molecule has 0 aliphatic carbocycles. The lowest BCUT2D eigenvalue weighted by Crippen LogP contribution is -2.30. The number of aryl methyl sites for hydroxylation is 3. The van der Waals surface area contributed by atoms with E-state index in [0.29, 0.717) is 17.9 Å². The van der Waals surface area contributed by atoms with Gasteiger partial charge in [-0.1, -0.05) is 12.1 Å². The van der Waals surface area contributed by atoms with Gasteiger partial charge >= 0.3 is 0 Å². The van der Waals surface area contributed by atoms with E-state index in [1.165, 1.54) is 4.80 Å². The first-order chi connectivity index (χ1) is 11.9. The maximum Gasteiger partial charge on any atom is 0.251 e. The monoisotopic (exact) mass is 339 g/mol. The van der Waals surface area contributed by atoms with Crippen LogP contribution in [0, 0.1) is 13.8 Å². The van der Waals surface area contributed by atoms with Crippen LogP contribution in [-0.4, -0.2) is 42.4 Å². The van der Waals surface area contributed by atoms with Gasteiger partial charge in [-0.05, 0) is 44.2 Å². The lowest BCUT2D eigenvalue weighted by atomic mass is 10.1. The van der Waals surface area contributed by atoms with Crippen molar-refractivity contribution in [3.63, 3.8) is 0 Å². The Labute approximate surface area is 145 Å². The van der Waals surface area contributed by atoms with Gasteiger partial charge in [0.25, 0.3) is 5.91 Å². The molecule has 1 atom stereocenters. The molecular weight excluding hydrogens is 318 g/mol. The molecule has 2 aromatic heterocycles. The maximum absolute atomic E-state index is 12.3. The third-order valence-corrected chi connectivity index (χ3v) is 3.93. The van der Waals surface area contributed by atoms with Crippen molar-refractivity contribution in [3.8, 4) is 11.4 Å². The van der Waals surface area contributed by atoms with Crippen LogP contribution in [0.2, 0.25) is 0 Å². The number of hydrogen-bond donors (Lipinski definition) is 1. The second-order valence-electron chi connectivity index (χ2n) is 6.11. The molecule has 8 nitrogen and oxygen atoms in total. The number of hydrogen-bond acceptors (Lipinski definition) is 5. The van der Waals surface area contributed by atoms with Crippen molar-refractivity contribution < 1.29 is 4.79 Å². The fourth-order valence-corrected chi connectivity index (χ4v) is 2.69. The van der Waals surface area contributed by atoms with E-state index < -0.39 is 0 Å². The minimum absolute atomic E-state index is 0.0840. The average molecular weight is 339 g/mol. The van der Waals surface area contributed by atoms with Crippen molar-refractivity contribution in [2.75, 3.05) is 6.54 Å². The van der Waals surface area contributed by atoms with Gasteiger partial charge in [0, 0.05) is 23.4 Å². The van der Waals surface area contributed by atoms with Crippen molar-refractivity contribution in [1.82, 2.24) is 35.3 Å². The largest absolute Gasteiger partial charge is 0.350 e. The van der Waals surface area contributed by atoms with Gasteiger partial charge in [-0.2, -0.15) is 9.90 Å². The third-order valence-electron chi connectivity index (χ3n) is 3.93. The highest BCUT2D eigenvalue weighted by Crippen LogP contribution is 2.15. The third kappa shape index (κ3) is 3.73. The fourth-order valence-electron chi connectivity index (χ4n) is 2.69. The number of amides is 1. The molecule has 0 bridgehead atoms. The Balaban J connectivity index is 1.62. The number of rotatable bonds is 5. The summed E-state index contributed by atoms with van der Waals surface area (Å²) in [5.41, 5.74) is 3.47. The molecule has 0 radical (unpaired) electrons. The quantitative estimate of drug-likeness (QED) is 0.764. The maximum atomic E-state index is 12.3. The molecule has 0 saturated carbocycles. The van der Waals surface area contributed by atoms with E-state index in [0.717, 1.165) is 17.0 Å². The average Bonchev–Trinajstić information content (AvgIpc) is 3.17. The summed E-state index contributed by atoms with van der Waals surface area (Å²) >= 11 is 0. The molecule has 3 aromatic rings. The van der Waals surface area contributed by atoms with Crippen molar-refractivity contribution in [3.05, 3.63) is 47.3 Å². The van der Waals surface area contributed by atoms with Crippen LogP contribution in [0.25, 0.3) is 11.4 Å². The molecule has 0 spiro atoms. The van der Waals surface area contributed by atoms with Gasteiger partial charge in [0.2, 0.25) is 5.82 Å². The molecule has 0 unspecified atom stereocenters. The zero-order valence-electron chi connectivity index (χ0n) is 14.8. The van der Waals surface area contributed by atoms with Crippen molar-refractivity contribution >= 4 is 5.91 Å². The first kappa shape index (κ1) is 16.8. The van der Waals surface area contributed by atoms with Crippen LogP contribution in [-0.2, 0) is 7.05 Å². The van der Waals surface area contributed by atoms with Crippen LogP contribution in [0.4, 0.5) is 0 Å². The van der Waals surface area contributed by atoms with Crippen LogP contribution >= 0.6 is 0 Å². The van der Waals surface area contributed by atoms with Crippen LogP contribution in [0.3, 0.4) is 0 Å². The van der Waals surface area contributed by atoms with Crippen LogP contribution < -0.4 is 5.32 Å². The topological polar surface area (TPSA) is 90.5 Å². The van der Waals surface area contributed by atoms with Gasteiger partial charge in [-0.25, -0.2) is 0 Å². The second-order valence-corrected chi connectivity index (χ2v) is 6.11. The number of aromatic nitrogens is 6. The number of carbonyl (C=O) groups excluding carboxylic acids is 1. The Bertz CT molecular complexity index is 879. The highest BCUT2D eigenvalue weighted by Gasteiger charge is 2.12. The van der Waals surface area contributed by atoms with E-state index >= 15 is 0 Å². The van der Waals surface area contributed by atoms with Crippen LogP contribution in [0.5, 0.6) is 0 Å². The molecule has 1 amide bonds. The summed E-state index contributed by atoms with van der Waals surface area (Å²) in [5, 5.41) is 19.3. The first-order valence-electron chi connectivity index (χ1n) is 8.09. The molecule has 1 N–H and O–H groups in total. The van der Waals surface area contributed by atoms with Gasteiger partial charge in [0.15, 0.2) is 0 Å². The highest BCUT2D eigenvalue weighted by atomic mass is 16.1. The van der Waals surface area contributed by atoms with Gasteiger partial charge in [0.05, 0.1) is 18.8 Å². The molecule has 3 rings (SSSR count). The van der Waals surface area contributed by atoms with Crippen molar-refractivity contribution in [2.45, 2.75) is 26.8 Å². The van der Waals surface area contributed by atoms with Gasteiger partial charge in [-0.15, -0.1) is 10.2 Å². The molecule has 2 heterocycles. The lowest BCUT2D eigenvalue weighted by Gasteiger charge is -2.15. The Morgan fingerprint density at radius 1 is 1.20 bits per heavy atom. The van der Waals surface area contributed by atoms with E-state index in [2.05, 4.69) is 25.8 Å². The first-order valence-corrected chi connectivity index (χ1v) is 8.09. The molecule has 0 aliphatic heterocycles. The Morgan fingerprint density at radius 2 is 1.92 bits per heavy atom. The summed E-state index contributed by atoms with van der Waals surface area (Å²) in [4.78, 5) is 13.7. The Hall–Kier alpha value is -3.03. The lowest BCUT2D eigenvalue weighted by molar-refractivity contribution is 0.0947. The predicted molar refractivity (Wildman–Crippen MR) is 93.0 cm³/mol. The fraction of sp³-hybridized carbons (Fsp3) is 0.353. The Morgan fingerprint density at radius 3 is 2.48 bits per heavy atom. The zero-order chi connectivity index (χ0) is 18.0. The standard InChI is InChI=1S/C17H21N7O/c1-11-9-12(2)24(20-11)13(3)10-18-17(25)15-7-5-14(6-8-15)16-19-22-23(4)21-16/h5-9,13H,10H2,1-4H3,(H,18,25)/t13-/m1/s1. The minimum atomic E-state index is -0.118. The number of tetrazole rings is 1. The molecule has 0 saturated heterocycles. The molecule has 0 fully saturated rings. The van der Waals surface area contributed by atoms with E-state index in [-0.39, 0.29) is 11.9 Å². The summed E-state index contributed by atoms with van der Waals surface area (Å²) in [5.74, 6) is 0.416. The predicted octanol–water partition coefficient (Wildman–Crippen LogP) is 1.68. The normalized spacial score (nSPS) is 12.2. The van der Waals surface area contributed by atoms with E-state index in [1.54, 1.807) is 19.2 Å². The van der Waals surface area contributed by atoms with E-state index in [1.807, 2.05) is 43.7 Å². The Kier molecular flexibility index (Phi) is 4.60. The summed E-state index contributed by atoms with van der Waals surface area (Å²) in [7, 11) is 1.71. The summed E-state index contributed by atoms with van der Waals surface area (Å²) in [6.07, 6.45) is 0. The second kappa shape index (κ2) is 6.84. The van der Waals surface area contributed by atoms with Gasteiger partial charge < -0.3 is 5.32 Å². The van der Waals surface area contributed by atoms with Gasteiger partial charge in [0.1, 0.15) is 0 Å². The highest BCUT2D eigenvalue weighted by molar-refractivity contribution is 5.94. The van der Waals surface area contributed by atoms with Crippen LogP contribution in [0.1, 0.15) is 34.7 Å². The van der Waals surface area contributed by atoms with Crippen LogP contribution in [0.15, 0.2) is 30.3 Å². The summed E-state index contributed by atoms with van der Waals surface area (Å²) < 4.78 is 1.93. The minimum Gasteiger partial charge on any atom is -0.350 e. The van der Waals surface area contributed by atoms with Crippen molar-refractivity contribution in [2.24, 2.45) is 7.05 Å². The number of nitrogens with one attached hydrogen (secondary N) is 1. The smallest absolute Gasteiger partial charge is 0.251 e. The summed E-state index contributed by atoms with van der Waals surface area (Å²) in [6, 6.07) is 9.26. The van der Waals surface area contributed by atoms with E-state index in [4.69, 9.17) is 0 Å². The molecular formula is C17H21N7O. The molecule has 8 heteroatoms. The number of benzene rings is 1. The van der Waals surface area contributed by atoms with Gasteiger partial charge in [-0.3, -0.25) is 9.48 Å². The van der Waals surface area contributed by atoms with Crippen molar-refractivity contribution in [1.29, 1.82) is 0 Å². The molecule has 0 aliphatic rings. The zero-order valence-corrected chi connectivity index (χ0v) is 14.8. The van der Waals surface area contributed by atoms with E-state index in [9.17, 15) is 4.79 Å². The SMILES string of the molecule is Cc1cc(C)n([C@H](C)CNC(=O)c2ccc(-c3nnn(C)n3)cc2)n1. The molecule has 130 valence electrons. The molecule has 25 heavy (non-hydrogen) atoms. The number of nitrogens with zero attached hydrogens (tertiary/aromatic N) is 6. The summed E-state index contributed by atoms with van der Waals surface area (Å²) in [6.45, 7) is 6.51. The molecule has 1 aromatic carbocycles.